The van der Waals surface area contributed by atoms with Gasteiger partial charge in [-0.1, -0.05) is 23.8 Å². The van der Waals surface area contributed by atoms with Crippen molar-refractivity contribution in [2.75, 3.05) is 5.73 Å². The van der Waals surface area contributed by atoms with E-state index < -0.39 is 0 Å². The van der Waals surface area contributed by atoms with E-state index in [0.29, 0.717) is 0 Å². The summed E-state index contributed by atoms with van der Waals surface area (Å²) in [5.41, 5.74) is 15.6. The molecule has 1 heteroatoms. The van der Waals surface area contributed by atoms with Crippen molar-refractivity contribution in [1.29, 1.82) is 0 Å². The van der Waals surface area contributed by atoms with E-state index in [1.165, 1.54) is 42.4 Å². The first-order valence-electron chi connectivity index (χ1n) is 6.47. The maximum Gasteiger partial charge on any atom is 0.0393 e. The van der Waals surface area contributed by atoms with E-state index in [0.717, 1.165) is 17.7 Å². The first-order valence-corrected chi connectivity index (χ1v) is 6.47. The Morgan fingerprint density at radius 2 is 2.00 bits per heavy atom. The highest BCUT2D eigenvalue weighted by Gasteiger charge is 2.27. The minimum absolute atomic E-state index is 0.955. The van der Waals surface area contributed by atoms with Crippen LogP contribution in [0.2, 0.25) is 0 Å². The number of anilines is 1. The average molecular weight is 225 g/mol. The fraction of sp³-hybridized carbons (Fsp3) is 0.375. The molecule has 0 unspecified atom stereocenters. The molecule has 0 atom stereocenters. The van der Waals surface area contributed by atoms with Gasteiger partial charge in [-0.3, -0.25) is 0 Å². The highest BCUT2D eigenvalue weighted by atomic mass is 14.6. The lowest BCUT2D eigenvalue weighted by atomic mass is 9.91. The zero-order valence-electron chi connectivity index (χ0n) is 10.5. The summed E-state index contributed by atoms with van der Waals surface area (Å²) in [5, 5.41) is 0. The Morgan fingerprint density at radius 3 is 2.76 bits per heavy atom. The summed E-state index contributed by atoms with van der Waals surface area (Å²) >= 11 is 0. The molecule has 3 rings (SSSR count). The molecule has 2 aliphatic rings. The third kappa shape index (κ3) is 1.53. The molecule has 0 radical (unpaired) electrons. The smallest absolute Gasteiger partial charge is 0.0393 e. The normalized spacial score (nSPS) is 17.9. The van der Waals surface area contributed by atoms with Crippen molar-refractivity contribution >= 4 is 16.8 Å². The zero-order chi connectivity index (χ0) is 12.0. The Labute approximate surface area is 103 Å². The molecule has 17 heavy (non-hydrogen) atoms. The fourth-order valence-corrected chi connectivity index (χ4v) is 3.28. The summed E-state index contributed by atoms with van der Waals surface area (Å²) in [6, 6.07) is 4.18. The van der Waals surface area contributed by atoms with Crippen molar-refractivity contribution in [1.82, 2.24) is 0 Å². The monoisotopic (exact) mass is 225 g/mol. The number of nitrogen functional groups attached to an aromatic ring is 1. The summed E-state index contributed by atoms with van der Waals surface area (Å²) in [7, 11) is 0. The lowest BCUT2D eigenvalue weighted by Gasteiger charge is -2.15. The molecule has 0 heterocycles. The first kappa shape index (κ1) is 10.6. The SMILES string of the molecule is C=C(C)c1ccc(N)c2c1CC1=C2CCCC1. The zero-order valence-corrected chi connectivity index (χ0v) is 10.5. The quantitative estimate of drug-likeness (QED) is 0.713. The molecule has 0 aromatic heterocycles. The molecule has 0 saturated heterocycles. The van der Waals surface area contributed by atoms with E-state index in [9.17, 15) is 0 Å². The molecular weight excluding hydrogens is 206 g/mol. The van der Waals surface area contributed by atoms with Gasteiger partial charge in [0.1, 0.15) is 0 Å². The Hall–Kier alpha value is -1.50. The van der Waals surface area contributed by atoms with Crippen LogP contribution in [0.4, 0.5) is 5.69 Å². The predicted molar refractivity (Wildman–Crippen MR) is 74.7 cm³/mol. The van der Waals surface area contributed by atoms with Gasteiger partial charge >= 0.3 is 0 Å². The van der Waals surface area contributed by atoms with E-state index in [-0.39, 0.29) is 0 Å². The second-order valence-corrected chi connectivity index (χ2v) is 5.30. The van der Waals surface area contributed by atoms with Gasteiger partial charge in [0.15, 0.2) is 0 Å². The minimum atomic E-state index is 0.955. The number of rotatable bonds is 1. The van der Waals surface area contributed by atoms with Gasteiger partial charge in [0.25, 0.3) is 0 Å². The number of hydrogen-bond donors (Lipinski definition) is 1. The Balaban J connectivity index is 2.20. The molecule has 0 aliphatic heterocycles. The molecule has 1 aromatic carbocycles. The largest absolute Gasteiger partial charge is 0.398 e. The van der Waals surface area contributed by atoms with Crippen LogP contribution in [0.25, 0.3) is 11.1 Å². The molecule has 1 nitrogen and oxygen atoms in total. The van der Waals surface area contributed by atoms with Crippen molar-refractivity contribution in [3.05, 3.63) is 41.0 Å². The first-order chi connectivity index (χ1) is 8.18. The van der Waals surface area contributed by atoms with Crippen LogP contribution < -0.4 is 5.73 Å². The summed E-state index contributed by atoms with van der Waals surface area (Å²) in [6.45, 7) is 6.18. The standard InChI is InChI=1S/C16H19N/c1-10(2)12-7-8-15(17)16-13-6-4-3-5-11(13)9-14(12)16/h7-8H,1,3-6,9,17H2,2H3. The van der Waals surface area contributed by atoms with Crippen LogP contribution in [0.3, 0.4) is 0 Å². The molecule has 2 aliphatic carbocycles. The summed E-state index contributed by atoms with van der Waals surface area (Å²) in [4.78, 5) is 0. The fourth-order valence-electron chi connectivity index (χ4n) is 3.28. The lowest BCUT2D eigenvalue weighted by molar-refractivity contribution is 0.711. The molecule has 88 valence electrons. The van der Waals surface area contributed by atoms with Crippen LogP contribution in [0, 0.1) is 0 Å². The number of allylic oxidation sites excluding steroid dienone is 3. The maximum atomic E-state index is 6.18. The second-order valence-electron chi connectivity index (χ2n) is 5.30. The molecule has 2 N–H and O–H groups in total. The second kappa shape index (κ2) is 3.76. The van der Waals surface area contributed by atoms with Crippen molar-refractivity contribution in [2.45, 2.75) is 39.0 Å². The van der Waals surface area contributed by atoms with Gasteiger partial charge in [-0.25, -0.2) is 0 Å². The molecule has 0 spiro atoms. The number of benzene rings is 1. The van der Waals surface area contributed by atoms with Crippen molar-refractivity contribution in [3.63, 3.8) is 0 Å². The van der Waals surface area contributed by atoms with E-state index >= 15 is 0 Å². The topological polar surface area (TPSA) is 26.0 Å². The predicted octanol–water partition coefficient (Wildman–Crippen LogP) is 4.19. The number of nitrogens with two attached hydrogens (primary N) is 1. The van der Waals surface area contributed by atoms with Crippen molar-refractivity contribution < 1.29 is 0 Å². The van der Waals surface area contributed by atoms with Gasteiger partial charge in [0, 0.05) is 11.3 Å². The summed E-state index contributed by atoms with van der Waals surface area (Å²) in [5.74, 6) is 0. The Kier molecular flexibility index (Phi) is 2.36. The van der Waals surface area contributed by atoms with E-state index in [1.54, 1.807) is 11.1 Å². The summed E-state index contributed by atoms with van der Waals surface area (Å²) < 4.78 is 0. The molecule has 0 bridgehead atoms. The van der Waals surface area contributed by atoms with E-state index in [2.05, 4.69) is 19.6 Å². The van der Waals surface area contributed by atoms with Gasteiger partial charge in [-0.2, -0.15) is 0 Å². The summed E-state index contributed by atoms with van der Waals surface area (Å²) in [6.07, 6.45) is 6.24. The van der Waals surface area contributed by atoms with Gasteiger partial charge in [0.05, 0.1) is 0 Å². The van der Waals surface area contributed by atoms with Crippen molar-refractivity contribution in [3.8, 4) is 0 Å². The van der Waals surface area contributed by atoms with E-state index in [4.69, 9.17) is 5.73 Å². The van der Waals surface area contributed by atoms with Crippen LogP contribution >= 0.6 is 0 Å². The molecule has 0 amide bonds. The maximum absolute atomic E-state index is 6.18. The van der Waals surface area contributed by atoms with Crippen LogP contribution in [0.1, 0.15) is 49.3 Å². The molecule has 0 fully saturated rings. The van der Waals surface area contributed by atoms with Crippen LogP contribution in [-0.2, 0) is 6.42 Å². The lowest BCUT2D eigenvalue weighted by Crippen LogP contribution is -1.98. The highest BCUT2D eigenvalue weighted by Crippen LogP contribution is 2.46. The highest BCUT2D eigenvalue weighted by molar-refractivity contribution is 5.88. The van der Waals surface area contributed by atoms with Crippen LogP contribution in [0.5, 0.6) is 0 Å². The Bertz CT molecular complexity index is 535. The average Bonchev–Trinajstić information content (AvgIpc) is 2.68. The Morgan fingerprint density at radius 1 is 1.24 bits per heavy atom. The van der Waals surface area contributed by atoms with E-state index in [1.807, 2.05) is 6.07 Å². The van der Waals surface area contributed by atoms with Gasteiger partial charge in [-0.05, 0) is 61.8 Å². The van der Waals surface area contributed by atoms with Gasteiger partial charge in [-0.15, -0.1) is 0 Å². The van der Waals surface area contributed by atoms with Crippen molar-refractivity contribution in [2.24, 2.45) is 0 Å². The molecule has 1 aromatic rings. The third-order valence-electron chi connectivity index (χ3n) is 4.08. The third-order valence-corrected chi connectivity index (χ3v) is 4.08. The minimum Gasteiger partial charge on any atom is -0.398 e. The molecule has 0 saturated carbocycles. The number of fused-ring (bicyclic) bond motifs is 2. The van der Waals surface area contributed by atoms with Gasteiger partial charge in [0.2, 0.25) is 0 Å². The number of hydrogen-bond acceptors (Lipinski definition) is 1. The van der Waals surface area contributed by atoms with Gasteiger partial charge < -0.3 is 5.73 Å². The molecular formula is C16H19N. The van der Waals surface area contributed by atoms with Crippen LogP contribution in [-0.4, -0.2) is 0 Å². The van der Waals surface area contributed by atoms with Crippen LogP contribution in [0.15, 0.2) is 24.3 Å².